The number of methoxy groups -OCH3 is 2. The number of nitrogens with zero attached hydrogens (tertiary/aromatic N) is 2. The van der Waals surface area contributed by atoms with Crippen molar-refractivity contribution in [3.05, 3.63) is 17.7 Å². The molecule has 1 unspecified atom stereocenters. The van der Waals surface area contributed by atoms with Crippen LogP contribution >= 0.6 is 11.9 Å². The summed E-state index contributed by atoms with van der Waals surface area (Å²) in [5.41, 5.74) is 0.712. The predicted molar refractivity (Wildman–Crippen MR) is 113 cm³/mol. The van der Waals surface area contributed by atoms with Crippen molar-refractivity contribution in [2.24, 2.45) is 11.8 Å². The molecule has 1 heterocycles. The van der Waals surface area contributed by atoms with Crippen LogP contribution in [-0.2, 0) is 0 Å². The van der Waals surface area contributed by atoms with Gasteiger partial charge in [0.15, 0.2) is 11.5 Å². The Balaban J connectivity index is 1.53. The van der Waals surface area contributed by atoms with E-state index in [0.717, 1.165) is 50.7 Å². The molecule has 8 heteroatoms. The molecule has 2 aliphatic rings. The van der Waals surface area contributed by atoms with Crippen LogP contribution in [0.25, 0.3) is 0 Å². The number of carbonyl (C=O) groups excluding carboxylic acids is 1. The molecule has 0 aromatic heterocycles. The molecule has 1 aromatic carbocycles. The van der Waals surface area contributed by atoms with Crippen molar-refractivity contribution in [2.45, 2.75) is 44.6 Å². The molecular formula is C21H29N3O4S. The second-order valence-electron chi connectivity index (χ2n) is 7.67. The number of hydrogen-bond donors (Lipinski definition) is 2. The normalized spacial score (nSPS) is 19.5. The maximum atomic E-state index is 12.5. The number of nitrogens with one attached hydrogen (secondary N) is 1. The molecule has 0 radical (unpaired) electrons. The number of nitriles is 1. The van der Waals surface area contributed by atoms with Crippen molar-refractivity contribution < 1.29 is 19.4 Å². The summed E-state index contributed by atoms with van der Waals surface area (Å²) >= 11 is 1.12. The van der Waals surface area contributed by atoms with E-state index < -0.39 is 0 Å². The van der Waals surface area contributed by atoms with Gasteiger partial charge in [-0.2, -0.15) is 5.26 Å². The van der Waals surface area contributed by atoms with Gasteiger partial charge >= 0.3 is 0 Å². The molecule has 3 rings (SSSR count). The van der Waals surface area contributed by atoms with E-state index in [2.05, 4.69) is 11.4 Å². The maximum Gasteiger partial charge on any atom is 0.298 e. The van der Waals surface area contributed by atoms with E-state index in [0.29, 0.717) is 34.6 Å². The van der Waals surface area contributed by atoms with Gasteiger partial charge in [-0.05, 0) is 37.5 Å². The number of ether oxygens (including phenoxy) is 2. The van der Waals surface area contributed by atoms with Crippen molar-refractivity contribution in [2.75, 3.05) is 32.6 Å². The number of aliphatic hydroxyl groups excluding tert-OH is 1. The zero-order valence-electron chi connectivity index (χ0n) is 17.0. The van der Waals surface area contributed by atoms with Crippen molar-refractivity contribution in [1.82, 2.24) is 4.31 Å². The van der Waals surface area contributed by atoms with Gasteiger partial charge in [0.05, 0.1) is 31.6 Å². The average molecular weight is 420 g/mol. The van der Waals surface area contributed by atoms with Crippen LogP contribution in [0, 0.1) is 23.2 Å². The molecule has 1 aromatic rings. The van der Waals surface area contributed by atoms with Crippen LogP contribution in [0.2, 0.25) is 0 Å². The van der Waals surface area contributed by atoms with Crippen molar-refractivity contribution in [1.29, 1.82) is 5.26 Å². The monoisotopic (exact) mass is 419 g/mol. The SMILES string of the molecule is COc1cc(C#N)c(NC(=O)SN2CCC(C(O)C3CCCC3)CC2)cc1OC. The summed E-state index contributed by atoms with van der Waals surface area (Å²) in [5, 5.41) is 22.5. The van der Waals surface area contributed by atoms with Gasteiger partial charge in [-0.3, -0.25) is 4.79 Å². The molecular weight excluding hydrogens is 390 g/mol. The lowest BCUT2D eigenvalue weighted by Crippen LogP contribution is -2.37. The zero-order chi connectivity index (χ0) is 20.8. The number of aliphatic hydroxyl groups is 1. The highest BCUT2D eigenvalue weighted by atomic mass is 32.2. The molecule has 1 saturated heterocycles. The summed E-state index contributed by atoms with van der Waals surface area (Å²) in [7, 11) is 3.01. The van der Waals surface area contributed by atoms with E-state index in [1.165, 1.54) is 27.1 Å². The molecule has 1 aliphatic heterocycles. The summed E-state index contributed by atoms with van der Waals surface area (Å²) in [4.78, 5) is 12.5. The van der Waals surface area contributed by atoms with Gasteiger partial charge in [0.25, 0.3) is 5.24 Å². The van der Waals surface area contributed by atoms with Crippen molar-refractivity contribution in [3.8, 4) is 17.6 Å². The fraction of sp³-hybridized carbons (Fsp3) is 0.619. The van der Waals surface area contributed by atoms with Crippen LogP contribution in [0.4, 0.5) is 10.5 Å². The third kappa shape index (κ3) is 5.35. The van der Waals surface area contributed by atoms with Gasteiger partial charge in [0.1, 0.15) is 6.07 Å². The molecule has 29 heavy (non-hydrogen) atoms. The lowest BCUT2D eigenvalue weighted by atomic mass is 9.84. The van der Waals surface area contributed by atoms with E-state index in [-0.39, 0.29) is 11.3 Å². The Bertz CT molecular complexity index is 753. The van der Waals surface area contributed by atoms with Gasteiger partial charge in [-0.25, -0.2) is 4.31 Å². The predicted octanol–water partition coefficient (Wildman–Crippen LogP) is 4.02. The van der Waals surface area contributed by atoms with Crippen molar-refractivity contribution in [3.63, 3.8) is 0 Å². The molecule has 7 nitrogen and oxygen atoms in total. The van der Waals surface area contributed by atoms with E-state index in [1.54, 1.807) is 12.1 Å². The van der Waals surface area contributed by atoms with Crippen LogP contribution < -0.4 is 14.8 Å². The Morgan fingerprint density at radius 1 is 1.17 bits per heavy atom. The highest BCUT2D eigenvalue weighted by Gasteiger charge is 2.32. The Labute approximate surface area is 176 Å². The maximum absolute atomic E-state index is 12.5. The van der Waals surface area contributed by atoms with Gasteiger partial charge in [-0.15, -0.1) is 0 Å². The minimum Gasteiger partial charge on any atom is -0.493 e. The fourth-order valence-corrected chi connectivity index (χ4v) is 5.10. The summed E-state index contributed by atoms with van der Waals surface area (Å²) in [5.74, 6) is 1.68. The molecule has 158 valence electrons. The van der Waals surface area contributed by atoms with Gasteiger partial charge in [0, 0.05) is 37.2 Å². The van der Waals surface area contributed by atoms with Crippen molar-refractivity contribution >= 4 is 22.9 Å². The molecule has 1 amide bonds. The molecule has 2 N–H and O–H groups in total. The molecule has 1 atom stereocenters. The Kier molecular flexibility index (Phi) is 7.64. The van der Waals surface area contributed by atoms with E-state index in [9.17, 15) is 15.2 Å². The molecule has 2 fully saturated rings. The number of anilines is 1. The van der Waals surface area contributed by atoms with Crippen LogP contribution in [0.5, 0.6) is 11.5 Å². The van der Waals surface area contributed by atoms with E-state index >= 15 is 0 Å². The standard InChI is InChI=1S/C21H29N3O4S/c1-27-18-11-16(13-22)17(12-19(18)28-2)23-21(26)29-24-9-7-15(8-10-24)20(25)14-5-3-4-6-14/h11-12,14-15,20,25H,3-10H2,1-2H3,(H,23,26). The highest BCUT2D eigenvalue weighted by Crippen LogP contribution is 2.36. The minimum absolute atomic E-state index is 0.205. The quantitative estimate of drug-likeness (QED) is 0.673. The van der Waals surface area contributed by atoms with Crippen LogP contribution in [0.1, 0.15) is 44.1 Å². The first kappa shape index (κ1) is 21.8. The lowest BCUT2D eigenvalue weighted by Gasteiger charge is -2.35. The Morgan fingerprint density at radius 3 is 2.34 bits per heavy atom. The largest absolute Gasteiger partial charge is 0.493 e. The number of hydrogen-bond acceptors (Lipinski definition) is 7. The van der Waals surface area contributed by atoms with Crippen LogP contribution in [0.3, 0.4) is 0 Å². The summed E-state index contributed by atoms with van der Waals surface area (Å²) in [6.45, 7) is 1.53. The second kappa shape index (κ2) is 10.2. The second-order valence-corrected chi connectivity index (χ2v) is 8.74. The first-order chi connectivity index (χ1) is 14.0. The number of amides is 1. The number of carbonyl (C=O) groups is 1. The Morgan fingerprint density at radius 2 is 1.76 bits per heavy atom. The van der Waals surface area contributed by atoms with Gasteiger partial charge in [0.2, 0.25) is 0 Å². The number of piperidine rings is 1. The van der Waals surface area contributed by atoms with Crippen LogP contribution in [0.15, 0.2) is 12.1 Å². The van der Waals surface area contributed by atoms with Gasteiger partial charge in [-0.1, -0.05) is 12.8 Å². The molecule has 1 aliphatic carbocycles. The van der Waals surface area contributed by atoms with E-state index in [4.69, 9.17) is 9.47 Å². The minimum atomic E-state index is -0.247. The molecule has 0 bridgehead atoms. The highest BCUT2D eigenvalue weighted by molar-refractivity contribution is 8.11. The third-order valence-corrected chi connectivity index (χ3v) is 6.85. The smallest absolute Gasteiger partial charge is 0.298 e. The lowest BCUT2D eigenvalue weighted by molar-refractivity contribution is 0.0313. The third-order valence-electron chi connectivity index (χ3n) is 5.96. The van der Waals surface area contributed by atoms with Crippen LogP contribution in [-0.4, -0.2) is 48.1 Å². The summed E-state index contributed by atoms with van der Waals surface area (Å²) in [6, 6.07) is 5.22. The molecule has 1 saturated carbocycles. The summed E-state index contributed by atoms with van der Waals surface area (Å²) in [6.07, 6.45) is 6.35. The average Bonchev–Trinajstić information content (AvgIpc) is 3.28. The van der Waals surface area contributed by atoms with Gasteiger partial charge < -0.3 is 19.9 Å². The topological polar surface area (TPSA) is 94.8 Å². The first-order valence-corrected chi connectivity index (χ1v) is 10.9. The molecule has 0 spiro atoms. The number of rotatable bonds is 6. The fourth-order valence-electron chi connectivity index (χ4n) is 4.32. The number of benzene rings is 1. The zero-order valence-corrected chi connectivity index (χ0v) is 17.8. The first-order valence-electron chi connectivity index (χ1n) is 10.1. The van der Waals surface area contributed by atoms with E-state index in [1.807, 2.05) is 4.31 Å². The Hall–Kier alpha value is -1.95. The summed E-state index contributed by atoms with van der Waals surface area (Å²) < 4.78 is 12.5.